The van der Waals surface area contributed by atoms with Crippen molar-refractivity contribution in [3.05, 3.63) is 46.4 Å². The molecule has 0 unspecified atom stereocenters. The zero-order valence-electron chi connectivity index (χ0n) is 12.8. The molecule has 1 aromatic carbocycles. The van der Waals surface area contributed by atoms with Crippen LogP contribution in [0.2, 0.25) is 0 Å². The maximum Gasteiger partial charge on any atom is 0.277 e. The normalized spacial score (nSPS) is 11.5. The lowest BCUT2D eigenvalue weighted by atomic mass is 10.2. The number of nitrogens with zero attached hydrogens (tertiary/aromatic N) is 3. The molecule has 0 aliphatic heterocycles. The molecule has 6 nitrogen and oxygen atoms in total. The maximum atomic E-state index is 12.8. The van der Waals surface area contributed by atoms with E-state index < -0.39 is 0 Å². The van der Waals surface area contributed by atoms with Crippen molar-refractivity contribution in [3.63, 3.8) is 0 Å². The summed E-state index contributed by atoms with van der Waals surface area (Å²) in [4.78, 5) is 24.6. The van der Waals surface area contributed by atoms with Crippen molar-refractivity contribution in [3.8, 4) is 0 Å². The highest BCUT2D eigenvalue weighted by atomic mass is 16.2. The Kier molecular flexibility index (Phi) is 3.44. The molecule has 0 aliphatic rings. The van der Waals surface area contributed by atoms with Gasteiger partial charge in [-0.25, -0.2) is 4.52 Å². The van der Waals surface area contributed by atoms with Gasteiger partial charge in [0.15, 0.2) is 5.69 Å². The Bertz CT molecular complexity index is 921. The van der Waals surface area contributed by atoms with Crippen molar-refractivity contribution < 1.29 is 4.79 Å². The highest BCUT2D eigenvalue weighted by Crippen LogP contribution is 2.16. The molecule has 0 fully saturated rings. The average molecular weight is 298 g/mol. The monoisotopic (exact) mass is 298 g/mol. The zero-order valence-corrected chi connectivity index (χ0v) is 12.8. The molecular formula is C16H18N4O2. The Labute approximate surface area is 127 Å². The molecule has 1 amide bonds. The summed E-state index contributed by atoms with van der Waals surface area (Å²) in [7, 11) is 1.54. The standard InChI is InChI=1S/C16H18N4O2/c1-10(2)9-19-12-6-4-5-7-13(12)20-14(16(19)22)8-11(18-20)15(21)17-3/h4-8,10H,9H2,1-3H3,(H,17,21). The molecule has 114 valence electrons. The van der Waals surface area contributed by atoms with Crippen molar-refractivity contribution in [2.75, 3.05) is 7.05 Å². The molecule has 0 bridgehead atoms. The molecule has 6 heteroatoms. The highest BCUT2D eigenvalue weighted by molar-refractivity contribution is 5.94. The van der Waals surface area contributed by atoms with Crippen molar-refractivity contribution >= 4 is 22.5 Å². The highest BCUT2D eigenvalue weighted by Gasteiger charge is 2.16. The average Bonchev–Trinajstić information content (AvgIpc) is 2.96. The SMILES string of the molecule is CNC(=O)c1cc2c(=O)n(CC(C)C)c3ccccc3n2n1. The van der Waals surface area contributed by atoms with E-state index in [0.29, 0.717) is 18.0 Å². The number of rotatable bonds is 3. The van der Waals surface area contributed by atoms with E-state index in [2.05, 4.69) is 24.3 Å². The van der Waals surface area contributed by atoms with Crippen molar-refractivity contribution in [1.82, 2.24) is 19.5 Å². The number of amides is 1. The number of fused-ring (bicyclic) bond motifs is 3. The van der Waals surface area contributed by atoms with E-state index in [1.807, 2.05) is 24.3 Å². The minimum Gasteiger partial charge on any atom is -0.354 e. The number of para-hydroxylation sites is 2. The fourth-order valence-electron chi connectivity index (χ4n) is 2.62. The van der Waals surface area contributed by atoms with Gasteiger partial charge >= 0.3 is 0 Å². The van der Waals surface area contributed by atoms with Crippen LogP contribution in [-0.2, 0) is 6.54 Å². The smallest absolute Gasteiger partial charge is 0.277 e. The Balaban J connectivity index is 2.41. The number of hydrogen-bond donors (Lipinski definition) is 1. The Morgan fingerprint density at radius 1 is 1.23 bits per heavy atom. The van der Waals surface area contributed by atoms with Gasteiger partial charge in [-0.15, -0.1) is 0 Å². The van der Waals surface area contributed by atoms with Gasteiger partial charge in [0.1, 0.15) is 5.52 Å². The molecule has 0 saturated heterocycles. The third-order valence-corrected chi connectivity index (χ3v) is 3.58. The number of hydrogen-bond acceptors (Lipinski definition) is 3. The summed E-state index contributed by atoms with van der Waals surface area (Å²) in [5.74, 6) is 0.0347. The van der Waals surface area contributed by atoms with Gasteiger partial charge in [-0.3, -0.25) is 9.59 Å². The van der Waals surface area contributed by atoms with E-state index in [-0.39, 0.29) is 17.2 Å². The van der Waals surface area contributed by atoms with Crippen LogP contribution >= 0.6 is 0 Å². The van der Waals surface area contributed by atoms with Crippen LogP contribution in [0.4, 0.5) is 0 Å². The van der Waals surface area contributed by atoms with Crippen LogP contribution in [0.5, 0.6) is 0 Å². The summed E-state index contributed by atoms with van der Waals surface area (Å²) < 4.78 is 3.31. The molecule has 2 aromatic heterocycles. The number of aromatic nitrogens is 3. The van der Waals surface area contributed by atoms with Gasteiger partial charge in [-0.1, -0.05) is 26.0 Å². The Hall–Kier alpha value is -2.63. The lowest BCUT2D eigenvalue weighted by molar-refractivity contribution is 0.0958. The number of nitrogens with one attached hydrogen (secondary N) is 1. The summed E-state index contributed by atoms with van der Waals surface area (Å²) in [6.07, 6.45) is 0. The van der Waals surface area contributed by atoms with Gasteiger partial charge in [0, 0.05) is 19.7 Å². The van der Waals surface area contributed by atoms with Crippen LogP contribution in [0.1, 0.15) is 24.3 Å². The first-order valence-electron chi connectivity index (χ1n) is 7.26. The topological polar surface area (TPSA) is 68.4 Å². The molecule has 3 aromatic rings. The predicted octanol–water partition coefficient (Wildman–Crippen LogP) is 1.66. The quantitative estimate of drug-likeness (QED) is 0.799. The van der Waals surface area contributed by atoms with E-state index in [1.54, 1.807) is 22.2 Å². The van der Waals surface area contributed by atoms with Crippen LogP contribution in [0.3, 0.4) is 0 Å². The van der Waals surface area contributed by atoms with E-state index >= 15 is 0 Å². The Morgan fingerprint density at radius 3 is 2.55 bits per heavy atom. The molecule has 0 radical (unpaired) electrons. The van der Waals surface area contributed by atoms with Crippen molar-refractivity contribution in [2.45, 2.75) is 20.4 Å². The van der Waals surface area contributed by atoms with Gasteiger partial charge in [-0.05, 0) is 18.1 Å². The van der Waals surface area contributed by atoms with Crippen LogP contribution < -0.4 is 10.9 Å². The summed E-state index contributed by atoms with van der Waals surface area (Å²) in [6.45, 7) is 4.76. The molecule has 0 saturated carbocycles. The van der Waals surface area contributed by atoms with Crippen LogP contribution in [0.25, 0.3) is 16.6 Å². The first-order valence-corrected chi connectivity index (χ1v) is 7.26. The fraction of sp³-hybridized carbons (Fsp3) is 0.312. The van der Waals surface area contributed by atoms with Crippen LogP contribution in [0, 0.1) is 5.92 Å². The largest absolute Gasteiger partial charge is 0.354 e. The van der Waals surface area contributed by atoms with Gasteiger partial charge < -0.3 is 9.88 Å². The second-order valence-electron chi connectivity index (χ2n) is 5.70. The Morgan fingerprint density at radius 2 is 1.91 bits per heavy atom. The summed E-state index contributed by atoms with van der Waals surface area (Å²) in [5, 5.41) is 6.82. The van der Waals surface area contributed by atoms with Gasteiger partial charge in [0.2, 0.25) is 0 Å². The lowest BCUT2D eigenvalue weighted by Gasteiger charge is -2.13. The molecule has 22 heavy (non-hydrogen) atoms. The van der Waals surface area contributed by atoms with Crippen molar-refractivity contribution in [1.29, 1.82) is 0 Å². The lowest BCUT2D eigenvalue weighted by Crippen LogP contribution is -2.25. The minimum absolute atomic E-state index is 0.130. The van der Waals surface area contributed by atoms with Gasteiger partial charge in [-0.2, -0.15) is 5.10 Å². The first-order chi connectivity index (χ1) is 10.5. The van der Waals surface area contributed by atoms with Crippen LogP contribution in [-0.4, -0.2) is 27.1 Å². The molecule has 0 atom stereocenters. The number of benzene rings is 1. The second kappa shape index (κ2) is 5.29. The van der Waals surface area contributed by atoms with E-state index in [0.717, 1.165) is 11.0 Å². The van der Waals surface area contributed by atoms with E-state index in [4.69, 9.17) is 0 Å². The molecule has 1 N–H and O–H groups in total. The second-order valence-corrected chi connectivity index (χ2v) is 5.70. The van der Waals surface area contributed by atoms with Gasteiger partial charge in [0.25, 0.3) is 11.5 Å². The molecule has 0 aliphatic carbocycles. The van der Waals surface area contributed by atoms with E-state index in [1.165, 1.54) is 0 Å². The zero-order chi connectivity index (χ0) is 15.9. The first kappa shape index (κ1) is 14.3. The fourth-order valence-corrected chi connectivity index (χ4v) is 2.62. The molecule has 0 spiro atoms. The van der Waals surface area contributed by atoms with Crippen molar-refractivity contribution in [2.24, 2.45) is 5.92 Å². The molecular weight excluding hydrogens is 280 g/mol. The molecule has 2 heterocycles. The molecule has 3 rings (SSSR count). The number of carbonyl (C=O) groups is 1. The predicted molar refractivity (Wildman–Crippen MR) is 85.2 cm³/mol. The third kappa shape index (κ3) is 2.16. The minimum atomic E-state index is -0.303. The maximum absolute atomic E-state index is 12.8. The summed E-state index contributed by atoms with van der Waals surface area (Å²) in [5.41, 5.74) is 2.16. The summed E-state index contributed by atoms with van der Waals surface area (Å²) in [6, 6.07) is 9.14. The summed E-state index contributed by atoms with van der Waals surface area (Å²) >= 11 is 0. The van der Waals surface area contributed by atoms with E-state index in [9.17, 15) is 9.59 Å². The van der Waals surface area contributed by atoms with Crippen LogP contribution in [0.15, 0.2) is 35.1 Å². The third-order valence-electron chi connectivity index (χ3n) is 3.58. The van der Waals surface area contributed by atoms with Gasteiger partial charge in [0.05, 0.1) is 11.0 Å². The number of carbonyl (C=O) groups excluding carboxylic acids is 1.